The Bertz CT molecular complexity index is 821. The second-order valence-corrected chi connectivity index (χ2v) is 6.97. The van der Waals surface area contributed by atoms with Crippen LogP contribution in [0.25, 0.3) is 10.2 Å². The Hall–Kier alpha value is -1.99. The molecule has 0 spiro atoms. The average molecular weight is 343 g/mol. The van der Waals surface area contributed by atoms with E-state index >= 15 is 0 Å². The molecule has 24 heavy (non-hydrogen) atoms. The fourth-order valence-electron chi connectivity index (χ4n) is 3.09. The van der Waals surface area contributed by atoms with Crippen molar-refractivity contribution < 1.29 is 4.52 Å². The van der Waals surface area contributed by atoms with Crippen LogP contribution >= 0.6 is 11.3 Å². The Morgan fingerprint density at radius 1 is 1.33 bits per heavy atom. The van der Waals surface area contributed by atoms with Crippen LogP contribution < -0.4 is 10.6 Å². The topological polar surface area (TPSA) is 75.9 Å². The van der Waals surface area contributed by atoms with Gasteiger partial charge in [0.1, 0.15) is 16.5 Å². The van der Waals surface area contributed by atoms with E-state index in [0.717, 1.165) is 65.7 Å². The number of thiophene rings is 1. The first-order valence-electron chi connectivity index (χ1n) is 8.47. The standard InChI is InChI=1S/C17H21N5OS/c1-2-15-20-16(13-5-8-24-17(13)21-15)19-10-12-9-14(22-23-12)11-3-6-18-7-4-11/h5,8-9,11,18H,2-4,6-7,10H2,1H3,(H,19,20,21). The molecule has 6 nitrogen and oxygen atoms in total. The summed E-state index contributed by atoms with van der Waals surface area (Å²) >= 11 is 1.64. The molecule has 0 aliphatic carbocycles. The number of nitrogens with one attached hydrogen (secondary N) is 2. The first kappa shape index (κ1) is 15.5. The van der Waals surface area contributed by atoms with Crippen LogP contribution in [0.15, 0.2) is 22.0 Å². The maximum absolute atomic E-state index is 5.52. The summed E-state index contributed by atoms with van der Waals surface area (Å²) in [4.78, 5) is 10.2. The molecule has 0 radical (unpaired) electrons. The molecular formula is C17H21N5OS. The molecule has 1 aliphatic heterocycles. The first-order chi connectivity index (χ1) is 11.8. The number of rotatable bonds is 5. The van der Waals surface area contributed by atoms with Crippen LogP contribution in [-0.2, 0) is 13.0 Å². The van der Waals surface area contributed by atoms with Gasteiger partial charge in [-0.05, 0) is 37.4 Å². The van der Waals surface area contributed by atoms with E-state index < -0.39 is 0 Å². The fraction of sp³-hybridized carbons (Fsp3) is 0.471. The van der Waals surface area contributed by atoms with E-state index in [9.17, 15) is 0 Å². The van der Waals surface area contributed by atoms with Crippen LogP contribution in [0, 0.1) is 0 Å². The molecule has 1 fully saturated rings. The summed E-state index contributed by atoms with van der Waals surface area (Å²) in [7, 11) is 0. The Balaban J connectivity index is 1.49. The molecule has 3 aromatic heterocycles. The molecule has 3 aromatic rings. The molecule has 4 rings (SSSR count). The summed E-state index contributed by atoms with van der Waals surface area (Å²) in [6.07, 6.45) is 3.08. The zero-order valence-corrected chi connectivity index (χ0v) is 14.5. The number of anilines is 1. The minimum Gasteiger partial charge on any atom is -0.362 e. The van der Waals surface area contributed by atoms with Crippen molar-refractivity contribution in [3.63, 3.8) is 0 Å². The Morgan fingerprint density at radius 2 is 2.21 bits per heavy atom. The average Bonchev–Trinajstić information content (AvgIpc) is 3.29. The molecule has 0 bridgehead atoms. The third-order valence-electron chi connectivity index (χ3n) is 4.45. The van der Waals surface area contributed by atoms with E-state index in [1.165, 1.54) is 0 Å². The summed E-state index contributed by atoms with van der Waals surface area (Å²) in [5.41, 5.74) is 1.07. The van der Waals surface area contributed by atoms with Crippen molar-refractivity contribution in [2.75, 3.05) is 18.4 Å². The van der Waals surface area contributed by atoms with Crippen molar-refractivity contribution in [3.05, 3.63) is 34.8 Å². The van der Waals surface area contributed by atoms with Gasteiger partial charge in [0, 0.05) is 18.4 Å². The Labute approximate surface area is 144 Å². The smallest absolute Gasteiger partial charge is 0.156 e. The number of aromatic nitrogens is 3. The lowest BCUT2D eigenvalue weighted by molar-refractivity contribution is 0.365. The van der Waals surface area contributed by atoms with Gasteiger partial charge in [-0.15, -0.1) is 11.3 Å². The van der Waals surface area contributed by atoms with Crippen molar-refractivity contribution in [3.8, 4) is 0 Å². The molecule has 2 N–H and O–H groups in total. The summed E-state index contributed by atoms with van der Waals surface area (Å²) in [5, 5.41) is 14.1. The number of piperidine rings is 1. The van der Waals surface area contributed by atoms with Crippen molar-refractivity contribution in [2.24, 2.45) is 0 Å². The van der Waals surface area contributed by atoms with E-state index in [0.29, 0.717) is 12.5 Å². The van der Waals surface area contributed by atoms with Crippen LogP contribution in [0.3, 0.4) is 0 Å². The zero-order chi connectivity index (χ0) is 16.4. The number of nitrogens with zero attached hydrogens (tertiary/aromatic N) is 3. The third-order valence-corrected chi connectivity index (χ3v) is 5.26. The highest BCUT2D eigenvalue weighted by Crippen LogP contribution is 2.27. The highest BCUT2D eigenvalue weighted by atomic mass is 32.1. The normalized spacial score (nSPS) is 15.9. The van der Waals surface area contributed by atoms with Gasteiger partial charge in [-0.25, -0.2) is 9.97 Å². The lowest BCUT2D eigenvalue weighted by atomic mass is 9.95. The summed E-state index contributed by atoms with van der Waals surface area (Å²) < 4.78 is 5.52. The Kier molecular flexibility index (Phi) is 4.44. The van der Waals surface area contributed by atoms with Crippen LogP contribution in [0.4, 0.5) is 5.82 Å². The van der Waals surface area contributed by atoms with Gasteiger partial charge < -0.3 is 15.2 Å². The molecule has 0 saturated carbocycles. The molecule has 0 atom stereocenters. The zero-order valence-electron chi connectivity index (χ0n) is 13.7. The summed E-state index contributed by atoms with van der Waals surface area (Å²) in [6, 6.07) is 4.14. The minimum absolute atomic E-state index is 0.512. The van der Waals surface area contributed by atoms with E-state index in [2.05, 4.69) is 44.8 Å². The minimum atomic E-state index is 0.512. The van der Waals surface area contributed by atoms with Crippen molar-refractivity contribution in [1.29, 1.82) is 0 Å². The number of hydrogen-bond acceptors (Lipinski definition) is 7. The van der Waals surface area contributed by atoms with Crippen LogP contribution in [0.2, 0.25) is 0 Å². The highest BCUT2D eigenvalue weighted by Gasteiger charge is 2.19. The molecule has 7 heteroatoms. The quantitative estimate of drug-likeness (QED) is 0.740. The predicted octanol–water partition coefficient (Wildman–Crippen LogP) is 3.32. The van der Waals surface area contributed by atoms with Gasteiger partial charge in [0.25, 0.3) is 0 Å². The van der Waals surface area contributed by atoms with E-state index in [4.69, 9.17) is 4.52 Å². The number of aryl methyl sites for hydroxylation is 1. The maximum atomic E-state index is 5.52. The van der Waals surface area contributed by atoms with Gasteiger partial charge in [-0.1, -0.05) is 12.1 Å². The van der Waals surface area contributed by atoms with Gasteiger partial charge in [0.2, 0.25) is 0 Å². The van der Waals surface area contributed by atoms with Crippen LogP contribution in [0.1, 0.15) is 43.0 Å². The third kappa shape index (κ3) is 3.14. The second-order valence-electron chi connectivity index (χ2n) is 6.08. The van der Waals surface area contributed by atoms with Gasteiger partial charge in [0.05, 0.1) is 17.6 Å². The Morgan fingerprint density at radius 3 is 3.04 bits per heavy atom. The van der Waals surface area contributed by atoms with Gasteiger partial charge in [-0.3, -0.25) is 0 Å². The van der Waals surface area contributed by atoms with Crippen molar-refractivity contribution in [2.45, 2.75) is 38.6 Å². The van der Waals surface area contributed by atoms with Crippen LogP contribution in [0.5, 0.6) is 0 Å². The molecule has 1 saturated heterocycles. The molecule has 126 valence electrons. The molecule has 1 aliphatic rings. The fourth-order valence-corrected chi connectivity index (χ4v) is 3.87. The lowest BCUT2D eigenvalue weighted by Crippen LogP contribution is -2.26. The largest absolute Gasteiger partial charge is 0.362 e. The molecular weight excluding hydrogens is 322 g/mol. The number of fused-ring (bicyclic) bond motifs is 1. The van der Waals surface area contributed by atoms with E-state index in [1.54, 1.807) is 11.3 Å². The first-order valence-corrected chi connectivity index (χ1v) is 9.35. The molecule has 0 unspecified atom stereocenters. The molecule has 0 amide bonds. The van der Waals surface area contributed by atoms with Crippen molar-refractivity contribution in [1.82, 2.24) is 20.4 Å². The van der Waals surface area contributed by atoms with Gasteiger partial charge >= 0.3 is 0 Å². The highest BCUT2D eigenvalue weighted by molar-refractivity contribution is 7.16. The van der Waals surface area contributed by atoms with E-state index in [1.807, 2.05) is 5.38 Å². The maximum Gasteiger partial charge on any atom is 0.156 e. The SMILES string of the molecule is CCc1nc(NCc2cc(C3CCNCC3)no2)c2ccsc2n1. The van der Waals surface area contributed by atoms with Gasteiger partial charge in [-0.2, -0.15) is 0 Å². The van der Waals surface area contributed by atoms with E-state index in [-0.39, 0.29) is 0 Å². The lowest BCUT2D eigenvalue weighted by Gasteiger charge is -2.19. The van der Waals surface area contributed by atoms with Gasteiger partial charge in [0.15, 0.2) is 5.76 Å². The van der Waals surface area contributed by atoms with Crippen LogP contribution in [-0.4, -0.2) is 28.2 Å². The summed E-state index contributed by atoms with van der Waals surface area (Å²) in [5.74, 6) is 3.10. The predicted molar refractivity (Wildman–Crippen MR) is 95.5 cm³/mol. The second kappa shape index (κ2) is 6.86. The number of hydrogen-bond donors (Lipinski definition) is 2. The summed E-state index contributed by atoms with van der Waals surface area (Å²) in [6.45, 7) is 4.77. The molecule has 4 heterocycles. The molecule has 0 aromatic carbocycles. The monoisotopic (exact) mass is 343 g/mol. The van der Waals surface area contributed by atoms with Crippen molar-refractivity contribution >= 4 is 27.4 Å².